The van der Waals surface area contributed by atoms with E-state index >= 15 is 0 Å². The van der Waals surface area contributed by atoms with Gasteiger partial charge in [0.25, 0.3) is 0 Å². The zero-order chi connectivity index (χ0) is 13.3. The van der Waals surface area contributed by atoms with Gasteiger partial charge in [0, 0.05) is 24.7 Å². The van der Waals surface area contributed by atoms with Crippen molar-refractivity contribution in [2.45, 2.75) is 26.4 Å². The smallest absolute Gasteiger partial charge is 0.130 e. The summed E-state index contributed by atoms with van der Waals surface area (Å²) in [5.74, 6) is 0. The molecule has 18 heavy (non-hydrogen) atoms. The first-order chi connectivity index (χ1) is 8.49. The fraction of sp³-hybridized carbons (Fsp3) is 0.385. The van der Waals surface area contributed by atoms with Crippen molar-refractivity contribution >= 4 is 11.6 Å². The zero-order valence-electron chi connectivity index (χ0n) is 10.7. The zero-order valence-corrected chi connectivity index (χ0v) is 11.4. The summed E-state index contributed by atoms with van der Waals surface area (Å²) in [6, 6.07) is 5.61. The van der Waals surface area contributed by atoms with Crippen LogP contribution in [0.25, 0.3) is 0 Å². The Kier molecular flexibility index (Phi) is 3.68. The Morgan fingerprint density at radius 2 is 2.11 bits per heavy atom. The minimum atomic E-state index is -0.662. The highest BCUT2D eigenvalue weighted by Gasteiger charge is 2.17. The number of aliphatic hydroxyl groups excluding tert-OH is 1. The quantitative estimate of drug-likeness (QED) is 0.927. The highest BCUT2D eigenvalue weighted by molar-refractivity contribution is 6.30. The number of nitrogens with zero attached hydrogens (tertiary/aromatic N) is 3. The van der Waals surface area contributed by atoms with Crippen LogP contribution in [-0.2, 0) is 13.5 Å². The van der Waals surface area contributed by atoms with Crippen LogP contribution < -0.4 is 0 Å². The molecule has 0 fully saturated rings. The van der Waals surface area contributed by atoms with E-state index in [-0.39, 0.29) is 0 Å². The van der Waals surface area contributed by atoms with Gasteiger partial charge in [0.1, 0.15) is 11.3 Å². The number of pyridine rings is 1. The highest BCUT2D eigenvalue weighted by atomic mass is 35.5. The fourth-order valence-corrected chi connectivity index (χ4v) is 2.21. The predicted molar refractivity (Wildman–Crippen MR) is 70.6 cm³/mol. The van der Waals surface area contributed by atoms with Crippen molar-refractivity contribution in [3.8, 4) is 0 Å². The summed E-state index contributed by atoms with van der Waals surface area (Å²) in [6.07, 6.45) is -0.236. The van der Waals surface area contributed by atoms with E-state index in [0.717, 1.165) is 17.0 Å². The Labute approximate surface area is 111 Å². The Hall–Kier alpha value is -1.39. The summed E-state index contributed by atoms with van der Waals surface area (Å²) in [6.45, 7) is 3.79. The number of hydrogen-bond donors (Lipinski definition) is 1. The third kappa shape index (κ3) is 2.54. The van der Waals surface area contributed by atoms with Gasteiger partial charge in [-0.25, -0.2) is 0 Å². The maximum atomic E-state index is 10.2. The molecule has 0 aliphatic rings. The Bertz CT molecular complexity index is 565. The van der Waals surface area contributed by atoms with Gasteiger partial charge < -0.3 is 5.11 Å². The molecule has 1 N–H and O–H groups in total. The molecule has 2 aromatic rings. The van der Waals surface area contributed by atoms with Crippen molar-refractivity contribution in [3.63, 3.8) is 0 Å². The van der Waals surface area contributed by atoms with E-state index in [1.807, 2.05) is 32.0 Å². The van der Waals surface area contributed by atoms with Gasteiger partial charge in [-0.15, -0.1) is 0 Å². The molecule has 0 bridgehead atoms. The van der Waals surface area contributed by atoms with E-state index in [1.165, 1.54) is 0 Å². The van der Waals surface area contributed by atoms with Crippen molar-refractivity contribution < 1.29 is 5.11 Å². The van der Waals surface area contributed by atoms with Crippen molar-refractivity contribution in [2.24, 2.45) is 7.05 Å². The summed E-state index contributed by atoms with van der Waals surface area (Å²) in [4.78, 5) is 4.32. The van der Waals surface area contributed by atoms with Crippen molar-refractivity contribution in [1.29, 1.82) is 0 Å². The minimum Gasteiger partial charge on any atom is -0.386 e. The molecule has 5 heteroatoms. The van der Waals surface area contributed by atoms with Crippen molar-refractivity contribution in [1.82, 2.24) is 14.8 Å². The molecule has 2 heterocycles. The average Bonchev–Trinajstić information content (AvgIpc) is 2.56. The molecule has 2 aromatic heterocycles. The van der Waals surface area contributed by atoms with Crippen LogP contribution in [0.2, 0.25) is 5.15 Å². The number of aromatic nitrogens is 3. The molecule has 0 saturated heterocycles. The molecule has 0 radical (unpaired) electrons. The summed E-state index contributed by atoms with van der Waals surface area (Å²) in [5.41, 5.74) is 3.26. The lowest BCUT2D eigenvalue weighted by molar-refractivity contribution is 0.173. The SMILES string of the molecule is Cc1cccc(C(O)Cc2c(C)nn(C)c2Cl)n1. The monoisotopic (exact) mass is 265 g/mol. The summed E-state index contributed by atoms with van der Waals surface area (Å²) in [5, 5.41) is 15.0. The van der Waals surface area contributed by atoms with Gasteiger partial charge >= 0.3 is 0 Å². The highest BCUT2D eigenvalue weighted by Crippen LogP contribution is 2.24. The second kappa shape index (κ2) is 5.08. The lowest BCUT2D eigenvalue weighted by Gasteiger charge is -2.10. The lowest BCUT2D eigenvalue weighted by Crippen LogP contribution is -2.05. The third-order valence-corrected chi connectivity index (χ3v) is 3.39. The number of aryl methyl sites for hydroxylation is 3. The molecule has 1 atom stereocenters. The molecule has 0 saturated carbocycles. The van der Waals surface area contributed by atoms with E-state index in [2.05, 4.69) is 10.1 Å². The predicted octanol–water partition coefficient (Wildman–Crippen LogP) is 2.36. The molecule has 2 rings (SSSR count). The van der Waals surface area contributed by atoms with E-state index in [0.29, 0.717) is 17.3 Å². The first-order valence-corrected chi connectivity index (χ1v) is 6.16. The van der Waals surface area contributed by atoms with Gasteiger partial charge in [0.05, 0.1) is 11.4 Å². The molecule has 1 unspecified atom stereocenters. The minimum absolute atomic E-state index is 0.426. The van der Waals surface area contributed by atoms with Crippen LogP contribution >= 0.6 is 11.6 Å². The summed E-state index contributed by atoms with van der Waals surface area (Å²) >= 11 is 6.15. The number of aliphatic hydroxyl groups is 1. The van der Waals surface area contributed by atoms with Gasteiger partial charge in [-0.1, -0.05) is 17.7 Å². The molecule has 96 valence electrons. The molecule has 4 nitrogen and oxygen atoms in total. The largest absolute Gasteiger partial charge is 0.386 e. The van der Waals surface area contributed by atoms with Gasteiger partial charge in [0.15, 0.2) is 0 Å². The molecular formula is C13H16ClN3O. The van der Waals surface area contributed by atoms with Crippen LogP contribution in [0.5, 0.6) is 0 Å². The van der Waals surface area contributed by atoms with Gasteiger partial charge in [-0.05, 0) is 26.0 Å². The maximum absolute atomic E-state index is 10.2. The van der Waals surface area contributed by atoms with E-state index in [1.54, 1.807) is 11.7 Å². The molecule has 0 spiro atoms. The van der Waals surface area contributed by atoms with Gasteiger partial charge in [0.2, 0.25) is 0 Å². The third-order valence-electron chi connectivity index (χ3n) is 2.92. The second-order valence-electron chi connectivity index (χ2n) is 4.40. The molecular weight excluding hydrogens is 250 g/mol. The summed E-state index contributed by atoms with van der Waals surface area (Å²) in [7, 11) is 1.79. The first kappa shape index (κ1) is 13.1. The van der Waals surface area contributed by atoms with E-state index in [9.17, 15) is 5.11 Å². The standard InChI is InChI=1S/C13H16ClN3O/c1-8-5-4-6-11(15-8)12(18)7-10-9(2)16-17(3)13(10)14/h4-6,12,18H,7H2,1-3H3. The topological polar surface area (TPSA) is 50.9 Å². The number of hydrogen-bond acceptors (Lipinski definition) is 3. The first-order valence-electron chi connectivity index (χ1n) is 5.78. The van der Waals surface area contributed by atoms with Gasteiger partial charge in [-0.3, -0.25) is 9.67 Å². The van der Waals surface area contributed by atoms with Crippen LogP contribution in [-0.4, -0.2) is 19.9 Å². The van der Waals surface area contributed by atoms with Crippen molar-refractivity contribution in [2.75, 3.05) is 0 Å². The van der Waals surface area contributed by atoms with Crippen LogP contribution in [0.3, 0.4) is 0 Å². The Morgan fingerprint density at radius 1 is 1.39 bits per heavy atom. The molecule has 0 aliphatic carbocycles. The van der Waals surface area contributed by atoms with Crippen LogP contribution in [0.4, 0.5) is 0 Å². The van der Waals surface area contributed by atoms with Gasteiger partial charge in [-0.2, -0.15) is 5.10 Å². The normalized spacial score (nSPS) is 12.7. The fourth-order valence-electron chi connectivity index (χ4n) is 1.95. The Morgan fingerprint density at radius 3 is 2.67 bits per heavy atom. The lowest BCUT2D eigenvalue weighted by atomic mass is 10.1. The molecule has 0 amide bonds. The van der Waals surface area contributed by atoms with Crippen LogP contribution in [0.1, 0.15) is 28.7 Å². The van der Waals surface area contributed by atoms with Crippen molar-refractivity contribution in [3.05, 3.63) is 46.0 Å². The number of halogens is 1. The number of rotatable bonds is 3. The van der Waals surface area contributed by atoms with Crippen LogP contribution in [0, 0.1) is 13.8 Å². The maximum Gasteiger partial charge on any atom is 0.130 e. The van der Waals surface area contributed by atoms with E-state index in [4.69, 9.17) is 11.6 Å². The van der Waals surface area contributed by atoms with Crippen LogP contribution in [0.15, 0.2) is 18.2 Å². The second-order valence-corrected chi connectivity index (χ2v) is 4.76. The summed E-state index contributed by atoms with van der Waals surface area (Å²) < 4.78 is 1.61. The Balaban J connectivity index is 2.24. The van der Waals surface area contributed by atoms with E-state index < -0.39 is 6.10 Å². The average molecular weight is 266 g/mol. The molecule has 0 aliphatic heterocycles. The molecule has 0 aromatic carbocycles.